The van der Waals surface area contributed by atoms with Gasteiger partial charge in [-0.2, -0.15) is 0 Å². The van der Waals surface area contributed by atoms with E-state index in [1.807, 2.05) is 0 Å². The van der Waals surface area contributed by atoms with E-state index in [0.717, 1.165) is 12.1 Å². The highest BCUT2D eigenvalue weighted by Gasteiger charge is 2.38. The monoisotopic (exact) mass is 231 g/mol. The molecule has 0 aliphatic rings. The van der Waals surface area contributed by atoms with Crippen LogP contribution in [-0.2, 0) is 5.79 Å². The molecule has 0 spiro atoms. The highest BCUT2D eigenvalue weighted by molar-refractivity contribution is 5.51. The van der Waals surface area contributed by atoms with Crippen LogP contribution in [0.3, 0.4) is 0 Å². The lowest BCUT2D eigenvalue weighted by Crippen LogP contribution is -2.47. The predicted molar refractivity (Wildman–Crippen MR) is 52.6 cm³/mol. The molecule has 0 saturated heterocycles. The molecule has 0 saturated carbocycles. The topological polar surface area (TPSA) is 147 Å². The van der Waals surface area contributed by atoms with E-state index in [-0.39, 0.29) is 0 Å². The summed E-state index contributed by atoms with van der Waals surface area (Å²) in [6.07, 6.45) is 0. The zero-order chi connectivity index (χ0) is 12.5. The predicted octanol–water partition coefficient (Wildman–Crippen LogP) is -1.74. The third-order valence-corrected chi connectivity index (χ3v) is 2.16. The lowest BCUT2D eigenvalue weighted by molar-refractivity contribution is -0.193. The zero-order valence-corrected chi connectivity index (χ0v) is 8.20. The molecule has 0 heterocycles. The Morgan fingerprint density at radius 3 is 1.94 bits per heavy atom. The SMILES string of the molecule is NC(CO)C(O)(O)c1c(O)cc(O)cc1O. The van der Waals surface area contributed by atoms with Gasteiger partial charge in [0.1, 0.15) is 17.2 Å². The number of aromatic hydroxyl groups is 3. The van der Waals surface area contributed by atoms with E-state index in [4.69, 9.17) is 15.9 Å². The van der Waals surface area contributed by atoms with E-state index in [1.165, 1.54) is 0 Å². The largest absolute Gasteiger partial charge is 0.508 e. The van der Waals surface area contributed by atoms with Crippen LogP contribution in [0.2, 0.25) is 0 Å². The highest BCUT2D eigenvalue weighted by Crippen LogP contribution is 2.39. The molecule has 0 aliphatic heterocycles. The molecule has 1 atom stereocenters. The van der Waals surface area contributed by atoms with Gasteiger partial charge in [-0.05, 0) is 0 Å². The van der Waals surface area contributed by atoms with Crippen LogP contribution in [-0.4, -0.2) is 43.3 Å². The van der Waals surface area contributed by atoms with Crippen LogP contribution in [0.15, 0.2) is 12.1 Å². The molecule has 7 heteroatoms. The fraction of sp³-hybridized carbons (Fsp3) is 0.333. The zero-order valence-electron chi connectivity index (χ0n) is 8.20. The second kappa shape index (κ2) is 4.14. The summed E-state index contributed by atoms with van der Waals surface area (Å²) >= 11 is 0. The van der Waals surface area contributed by atoms with Crippen molar-refractivity contribution in [3.05, 3.63) is 17.7 Å². The number of hydrogen-bond acceptors (Lipinski definition) is 7. The molecule has 90 valence electrons. The van der Waals surface area contributed by atoms with Gasteiger partial charge in [-0.25, -0.2) is 0 Å². The average molecular weight is 231 g/mol. The van der Waals surface area contributed by atoms with Gasteiger partial charge in [-0.3, -0.25) is 0 Å². The van der Waals surface area contributed by atoms with E-state index in [9.17, 15) is 20.4 Å². The molecule has 1 aromatic carbocycles. The lowest BCUT2D eigenvalue weighted by Gasteiger charge is -2.28. The molecule has 0 radical (unpaired) electrons. The molecular formula is C9H13NO6. The summed E-state index contributed by atoms with van der Waals surface area (Å²) in [5, 5.41) is 55.6. The number of phenolic OH excluding ortho intramolecular Hbond substituents is 3. The Morgan fingerprint density at radius 1 is 1.12 bits per heavy atom. The smallest absolute Gasteiger partial charge is 0.215 e. The molecule has 0 fully saturated rings. The van der Waals surface area contributed by atoms with Gasteiger partial charge < -0.3 is 36.4 Å². The first-order valence-electron chi connectivity index (χ1n) is 4.37. The van der Waals surface area contributed by atoms with Crippen molar-refractivity contribution in [2.75, 3.05) is 6.61 Å². The molecule has 7 nitrogen and oxygen atoms in total. The molecule has 0 aromatic heterocycles. The van der Waals surface area contributed by atoms with Gasteiger partial charge >= 0.3 is 0 Å². The molecular weight excluding hydrogens is 218 g/mol. The van der Waals surface area contributed by atoms with Gasteiger partial charge in [0.25, 0.3) is 0 Å². The Bertz CT molecular complexity index is 369. The first-order valence-corrected chi connectivity index (χ1v) is 4.37. The minimum absolute atomic E-state index is 0.452. The first kappa shape index (κ1) is 12.5. The summed E-state index contributed by atoms with van der Waals surface area (Å²) in [6, 6.07) is 0.0922. The van der Waals surface area contributed by atoms with Crippen molar-refractivity contribution < 1.29 is 30.6 Å². The highest BCUT2D eigenvalue weighted by atomic mass is 16.5. The number of benzene rings is 1. The lowest BCUT2D eigenvalue weighted by atomic mass is 9.97. The number of nitrogens with two attached hydrogens (primary N) is 1. The van der Waals surface area contributed by atoms with Crippen molar-refractivity contribution in [2.45, 2.75) is 11.8 Å². The second-order valence-electron chi connectivity index (χ2n) is 3.37. The van der Waals surface area contributed by atoms with Crippen LogP contribution in [0.1, 0.15) is 5.56 Å². The first-order chi connectivity index (χ1) is 7.30. The third-order valence-electron chi connectivity index (χ3n) is 2.16. The summed E-state index contributed by atoms with van der Waals surface area (Å²) in [5.74, 6) is -4.75. The molecule has 16 heavy (non-hydrogen) atoms. The fourth-order valence-electron chi connectivity index (χ4n) is 1.29. The van der Waals surface area contributed by atoms with Crippen molar-refractivity contribution in [1.29, 1.82) is 0 Å². The summed E-state index contributed by atoms with van der Waals surface area (Å²) in [5.41, 5.74) is 4.55. The number of aliphatic hydroxyl groups is 3. The summed E-state index contributed by atoms with van der Waals surface area (Å²) in [7, 11) is 0. The normalized spacial score (nSPS) is 13.8. The van der Waals surface area contributed by atoms with Crippen LogP contribution in [0, 0.1) is 0 Å². The van der Waals surface area contributed by atoms with E-state index >= 15 is 0 Å². The molecule has 0 amide bonds. The minimum Gasteiger partial charge on any atom is -0.508 e. The van der Waals surface area contributed by atoms with Crippen molar-refractivity contribution in [3.63, 3.8) is 0 Å². The molecule has 1 aromatic rings. The van der Waals surface area contributed by atoms with Gasteiger partial charge in [0, 0.05) is 12.1 Å². The van der Waals surface area contributed by atoms with Crippen molar-refractivity contribution >= 4 is 0 Å². The standard InChI is InChI=1S/C9H13NO6/c10-7(3-11)9(15,16)8-5(13)1-4(12)2-6(8)14/h1-2,7,11-16H,3,10H2. The van der Waals surface area contributed by atoms with Crippen molar-refractivity contribution in [1.82, 2.24) is 0 Å². The molecule has 1 rings (SSSR count). The Morgan fingerprint density at radius 2 is 1.56 bits per heavy atom. The third kappa shape index (κ3) is 2.02. The van der Waals surface area contributed by atoms with Gasteiger partial charge in [0.05, 0.1) is 18.2 Å². The Kier molecular flexibility index (Phi) is 3.24. The average Bonchev–Trinajstić information content (AvgIpc) is 2.14. The summed E-state index contributed by atoms with van der Waals surface area (Å²) < 4.78 is 0. The Balaban J connectivity index is 3.32. The number of aliphatic hydroxyl groups excluding tert-OH is 1. The van der Waals surface area contributed by atoms with Crippen LogP contribution >= 0.6 is 0 Å². The quantitative estimate of drug-likeness (QED) is 0.305. The fourth-order valence-corrected chi connectivity index (χ4v) is 1.29. The molecule has 1 unspecified atom stereocenters. The van der Waals surface area contributed by atoms with E-state index in [0.29, 0.717) is 0 Å². The van der Waals surface area contributed by atoms with E-state index < -0.39 is 41.2 Å². The van der Waals surface area contributed by atoms with Gasteiger partial charge in [-0.15, -0.1) is 0 Å². The van der Waals surface area contributed by atoms with Gasteiger partial charge in [0.2, 0.25) is 5.79 Å². The maximum atomic E-state index is 9.58. The van der Waals surface area contributed by atoms with Crippen LogP contribution in [0.5, 0.6) is 17.2 Å². The Labute approximate surface area is 90.6 Å². The molecule has 0 bridgehead atoms. The number of rotatable bonds is 3. The minimum atomic E-state index is -2.81. The van der Waals surface area contributed by atoms with Crippen molar-refractivity contribution in [2.24, 2.45) is 5.73 Å². The summed E-state index contributed by atoms with van der Waals surface area (Å²) in [4.78, 5) is 0. The van der Waals surface area contributed by atoms with Gasteiger partial charge in [-0.1, -0.05) is 0 Å². The number of phenols is 3. The maximum absolute atomic E-state index is 9.58. The second-order valence-corrected chi connectivity index (χ2v) is 3.37. The van der Waals surface area contributed by atoms with Crippen LogP contribution < -0.4 is 5.73 Å². The maximum Gasteiger partial charge on any atom is 0.215 e. The molecule has 8 N–H and O–H groups in total. The van der Waals surface area contributed by atoms with Crippen molar-refractivity contribution in [3.8, 4) is 17.2 Å². The van der Waals surface area contributed by atoms with E-state index in [1.54, 1.807) is 0 Å². The van der Waals surface area contributed by atoms with E-state index in [2.05, 4.69) is 0 Å². The van der Waals surface area contributed by atoms with Gasteiger partial charge in [0.15, 0.2) is 0 Å². The summed E-state index contributed by atoms with van der Waals surface area (Å²) in [6.45, 7) is -0.771. The Hall–Kier alpha value is -1.54. The van der Waals surface area contributed by atoms with Crippen LogP contribution in [0.4, 0.5) is 0 Å². The number of hydrogen-bond donors (Lipinski definition) is 7. The van der Waals surface area contributed by atoms with Crippen LogP contribution in [0.25, 0.3) is 0 Å². The molecule has 0 aliphatic carbocycles.